The van der Waals surface area contributed by atoms with E-state index in [0.717, 1.165) is 22.0 Å². The zero-order chi connectivity index (χ0) is 15.8. The van der Waals surface area contributed by atoms with Crippen LogP contribution < -0.4 is 5.76 Å². The first-order chi connectivity index (χ1) is 11.2. The van der Waals surface area contributed by atoms with Gasteiger partial charge in [0.2, 0.25) is 0 Å². The molecule has 4 heteroatoms. The standard InChI is InChI=1S/C19H12BrNO2/c20-18-17(14-7-2-1-3-8-14)23-19(22)21(18)16-11-10-13-6-4-5-9-15(13)12-16/h1-12H. The van der Waals surface area contributed by atoms with Gasteiger partial charge < -0.3 is 4.42 Å². The van der Waals surface area contributed by atoms with Crippen molar-refractivity contribution in [2.45, 2.75) is 0 Å². The van der Waals surface area contributed by atoms with Crippen LogP contribution in [0.25, 0.3) is 27.8 Å². The summed E-state index contributed by atoms with van der Waals surface area (Å²) in [5.74, 6) is 0.120. The molecule has 0 unspecified atom stereocenters. The smallest absolute Gasteiger partial charge is 0.406 e. The lowest BCUT2D eigenvalue weighted by Gasteiger charge is -2.05. The summed E-state index contributed by atoms with van der Waals surface area (Å²) in [5.41, 5.74) is 1.63. The molecule has 0 atom stereocenters. The maximum atomic E-state index is 12.3. The van der Waals surface area contributed by atoms with E-state index in [1.54, 1.807) is 0 Å². The Labute approximate surface area is 140 Å². The van der Waals surface area contributed by atoms with Crippen LogP contribution in [0.4, 0.5) is 0 Å². The minimum atomic E-state index is -0.411. The lowest BCUT2D eigenvalue weighted by molar-refractivity contribution is 0.516. The van der Waals surface area contributed by atoms with Gasteiger partial charge >= 0.3 is 5.76 Å². The molecule has 1 aromatic heterocycles. The molecule has 0 radical (unpaired) electrons. The Morgan fingerprint density at radius 3 is 2.30 bits per heavy atom. The molecule has 0 aliphatic heterocycles. The van der Waals surface area contributed by atoms with Crippen molar-refractivity contribution in [1.29, 1.82) is 0 Å². The molecule has 3 nitrogen and oxygen atoms in total. The van der Waals surface area contributed by atoms with Crippen LogP contribution in [0.5, 0.6) is 0 Å². The van der Waals surface area contributed by atoms with E-state index in [1.165, 1.54) is 4.57 Å². The Kier molecular flexibility index (Phi) is 3.39. The molecular formula is C19H12BrNO2. The average Bonchev–Trinajstić information content (AvgIpc) is 2.90. The van der Waals surface area contributed by atoms with Gasteiger partial charge in [-0.25, -0.2) is 9.36 Å². The summed E-state index contributed by atoms with van der Waals surface area (Å²) in [6.45, 7) is 0. The van der Waals surface area contributed by atoms with Crippen LogP contribution in [0.1, 0.15) is 0 Å². The molecule has 0 spiro atoms. The zero-order valence-electron chi connectivity index (χ0n) is 12.1. The molecule has 4 aromatic rings. The number of aromatic nitrogens is 1. The van der Waals surface area contributed by atoms with Gasteiger partial charge in [0.05, 0.1) is 5.69 Å². The minimum absolute atomic E-state index is 0.411. The molecule has 0 fully saturated rings. The normalized spacial score (nSPS) is 11.0. The summed E-state index contributed by atoms with van der Waals surface area (Å²) in [4.78, 5) is 12.3. The van der Waals surface area contributed by atoms with Crippen LogP contribution in [0, 0.1) is 0 Å². The first kappa shape index (κ1) is 14.0. The number of hydrogen-bond donors (Lipinski definition) is 0. The van der Waals surface area contributed by atoms with Gasteiger partial charge in [-0.15, -0.1) is 0 Å². The average molecular weight is 366 g/mol. The highest BCUT2D eigenvalue weighted by atomic mass is 79.9. The summed E-state index contributed by atoms with van der Waals surface area (Å²) >= 11 is 3.51. The molecule has 0 bridgehead atoms. The van der Waals surface area contributed by atoms with E-state index >= 15 is 0 Å². The van der Waals surface area contributed by atoms with Crippen molar-refractivity contribution in [3.8, 4) is 17.0 Å². The third-order valence-corrected chi connectivity index (χ3v) is 4.50. The van der Waals surface area contributed by atoms with E-state index in [-0.39, 0.29) is 0 Å². The van der Waals surface area contributed by atoms with Gasteiger partial charge in [0.1, 0.15) is 4.60 Å². The lowest BCUT2D eigenvalue weighted by Crippen LogP contribution is -2.11. The van der Waals surface area contributed by atoms with Crippen LogP contribution >= 0.6 is 15.9 Å². The highest BCUT2D eigenvalue weighted by Gasteiger charge is 2.17. The number of fused-ring (bicyclic) bond motifs is 1. The van der Waals surface area contributed by atoms with Crippen LogP contribution in [-0.4, -0.2) is 4.57 Å². The predicted octanol–water partition coefficient (Wildman–Crippen LogP) is 5.01. The summed E-state index contributed by atoms with van der Waals surface area (Å²) in [7, 11) is 0. The van der Waals surface area contributed by atoms with E-state index in [4.69, 9.17) is 4.42 Å². The van der Waals surface area contributed by atoms with Gasteiger partial charge in [-0.05, 0) is 38.8 Å². The quantitative estimate of drug-likeness (QED) is 0.500. The van der Waals surface area contributed by atoms with Gasteiger partial charge in [-0.1, -0.05) is 60.7 Å². The highest BCUT2D eigenvalue weighted by molar-refractivity contribution is 9.10. The number of nitrogens with zero attached hydrogens (tertiary/aromatic N) is 1. The van der Waals surface area contributed by atoms with E-state index in [1.807, 2.05) is 72.8 Å². The van der Waals surface area contributed by atoms with Gasteiger partial charge in [0, 0.05) is 5.56 Å². The van der Waals surface area contributed by atoms with Gasteiger partial charge in [0.15, 0.2) is 5.76 Å². The third kappa shape index (κ3) is 2.41. The van der Waals surface area contributed by atoms with Crippen molar-refractivity contribution in [1.82, 2.24) is 4.57 Å². The van der Waals surface area contributed by atoms with E-state index in [0.29, 0.717) is 10.4 Å². The van der Waals surface area contributed by atoms with Crippen molar-refractivity contribution >= 4 is 26.7 Å². The number of benzene rings is 3. The number of hydrogen-bond acceptors (Lipinski definition) is 2. The topological polar surface area (TPSA) is 35.1 Å². The first-order valence-electron chi connectivity index (χ1n) is 7.20. The molecule has 3 aromatic carbocycles. The van der Waals surface area contributed by atoms with Crippen molar-refractivity contribution < 1.29 is 4.42 Å². The lowest BCUT2D eigenvalue weighted by atomic mass is 10.1. The van der Waals surface area contributed by atoms with Crippen molar-refractivity contribution in [3.63, 3.8) is 0 Å². The van der Waals surface area contributed by atoms with Crippen LogP contribution in [0.3, 0.4) is 0 Å². The van der Waals surface area contributed by atoms with Crippen molar-refractivity contribution in [3.05, 3.63) is 88.0 Å². The highest BCUT2D eigenvalue weighted by Crippen LogP contribution is 2.30. The van der Waals surface area contributed by atoms with Crippen LogP contribution in [0.2, 0.25) is 0 Å². The molecule has 0 saturated carbocycles. The maximum Gasteiger partial charge on any atom is 0.425 e. The summed E-state index contributed by atoms with van der Waals surface area (Å²) in [5, 5.41) is 2.21. The van der Waals surface area contributed by atoms with Gasteiger partial charge in [0.25, 0.3) is 0 Å². The summed E-state index contributed by atoms with van der Waals surface area (Å²) < 4.78 is 7.61. The Hall–Kier alpha value is -2.59. The Morgan fingerprint density at radius 1 is 0.826 bits per heavy atom. The molecular weight excluding hydrogens is 354 g/mol. The van der Waals surface area contributed by atoms with Crippen molar-refractivity contribution in [2.24, 2.45) is 0 Å². The minimum Gasteiger partial charge on any atom is -0.406 e. The van der Waals surface area contributed by atoms with E-state index in [2.05, 4.69) is 15.9 Å². The molecule has 4 rings (SSSR count). The molecule has 0 saturated heterocycles. The van der Waals surface area contributed by atoms with Gasteiger partial charge in [-0.2, -0.15) is 0 Å². The Balaban J connectivity index is 1.91. The zero-order valence-corrected chi connectivity index (χ0v) is 13.7. The monoisotopic (exact) mass is 365 g/mol. The van der Waals surface area contributed by atoms with E-state index in [9.17, 15) is 4.79 Å². The molecule has 1 heterocycles. The third-order valence-electron chi connectivity index (χ3n) is 3.78. The van der Waals surface area contributed by atoms with Gasteiger partial charge in [-0.3, -0.25) is 0 Å². The number of rotatable bonds is 2. The fourth-order valence-electron chi connectivity index (χ4n) is 2.66. The molecule has 23 heavy (non-hydrogen) atoms. The number of oxazole rings is 1. The van der Waals surface area contributed by atoms with E-state index < -0.39 is 5.76 Å². The molecule has 0 amide bonds. The Bertz CT molecular complexity index is 1050. The fourth-order valence-corrected chi connectivity index (χ4v) is 3.32. The molecule has 0 aliphatic rings. The largest absolute Gasteiger partial charge is 0.425 e. The fraction of sp³-hybridized carbons (Fsp3) is 0. The van der Waals surface area contributed by atoms with Crippen LogP contribution in [-0.2, 0) is 0 Å². The predicted molar refractivity (Wildman–Crippen MR) is 94.9 cm³/mol. The maximum absolute atomic E-state index is 12.3. The molecule has 112 valence electrons. The van der Waals surface area contributed by atoms with Crippen molar-refractivity contribution in [2.75, 3.05) is 0 Å². The first-order valence-corrected chi connectivity index (χ1v) is 7.99. The SMILES string of the molecule is O=c1oc(-c2ccccc2)c(Br)n1-c1ccc2ccccc2c1. The Morgan fingerprint density at radius 2 is 1.52 bits per heavy atom. The second-order valence-electron chi connectivity index (χ2n) is 5.22. The molecule has 0 N–H and O–H groups in total. The van der Waals surface area contributed by atoms with Crippen LogP contribution in [0.15, 0.2) is 86.6 Å². The summed E-state index contributed by atoms with van der Waals surface area (Å²) in [6.07, 6.45) is 0. The second-order valence-corrected chi connectivity index (χ2v) is 5.97. The summed E-state index contributed by atoms with van der Waals surface area (Å²) in [6, 6.07) is 23.5. The molecule has 0 aliphatic carbocycles. The second kappa shape index (κ2) is 5.56. The number of halogens is 1.